The maximum atomic E-state index is 13.2. The van der Waals surface area contributed by atoms with Gasteiger partial charge in [0.25, 0.3) is 5.91 Å². The average Bonchev–Trinajstić information content (AvgIpc) is 3.26. The number of rotatable bonds is 3. The minimum absolute atomic E-state index is 0. The molecular formula is C20H21Cl2N3O. The van der Waals surface area contributed by atoms with Crippen molar-refractivity contribution in [3.05, 3.63) is 59.2 Å². The van der Waals surface area contributed by atoms with Crippen molar-refractivity contribution in [2.45, 2.75) is 6.42 Å². The predicted octanol–water partition coefficient (Wildman–Crippen LogP) is 4.33. The van der Waals surface area contributed by atoms with E-state index in [4.69, 9.17) is 17.3 Å². The molecule has 2 heterocycles. The molecule has 4 rings (SSSR count). The maximum absolute atomic E-state index is 13.2. The Labute approximate surface area is 163 Å². The molecule has 3 aromatic rings. The van der Waals surface area contributed by atoms with Crippen LogP contribution in [0.5, 0.6) is 0 Å². The molecule has 0 saturated carbocycles. The Morgan fingerprint density at radius 2 is 2.00 bits per heavy atom. The number of carbonyl (C=O) groups excluding carboxylic acids is 1. The van der Waals surface area contributed by atoms with E-state index >= 15 is 0 Å². The van der Waals surface area contributed by atoms with E-state index in [0.717, 1.165) is 41.5 Å². The van der Waals surface area contributed by atoms with Crippen LogP contribution in [0.2, 0.25) is 5.02 Å². The van der Waals surface area contributed by atoms with E-state index in [0.29, 0.717) is 23.2 Å². The Kier molecular flexibility index (Phi) is 5.56. The highest BCUT2D eigenvalue weighted by molar-refractivity contribution is 6.31. The zero-order chi connectivity index (χ0) is 17.4. The van der Waals surface area contributed by atoms with Gasteiger partial charge >= 0.3 is 0 Å². The second-order valence-corrected chi connectivity index (χ2v) is 7.01. The lowest BCUT2D eigenvalue weighted by Gasteiger charge is -2.16. The second-order valence-electron chi connectivity index (χ2n) is 6.57. The molecule has 0 bridgehead atoms. The molecule has 1 saturated heterocycles. The molecule has 4 nitrogen and oxygen atoms in total. The number of likely N-dealkylation sites (tertiary alicyclic amines) is 1. The molecular weight excluding hydrogens is 369 g/mol. The van der Waals surface area contributed by atoms with Gasteiger partial charge in [-0.2, -0.15) is 0 Å². The molecule has 26 heavy (non-hydrogen) atoms. The van der Waals surface area contributed by atoms with E-state index in [1.54, 1.807) is 0 Å². The van der Waals surface area contributed by atoms with Crippen molar-refractivity contribution in [2.24, 2.45) is 11.7 Å². The van der Waals surface area contributed by atoms with Gasteiger partial charge in [-0.3, -0.25) is 4.79 Å². The Morgan fingerprint density at radius 3 is 2.69 bits per heavy atom. The summed E-state index contributed by atoms with van der Waals surface area (Å²) in [5, 5.41) is 1.63. The Morgan fingerprint density at radius 1 is 1.23 bits per heavy atom. The Balaban J connectivity index is 0.00000196. The fourth-order valence-electron chi connectivity index (χ4n) is 3.60. The fourth-order valence-corrected chi connectivity index (χ4v) is 3.77. The summed E-state index contributed by atoms with van der Waals surface area (Å²) in [6, 6.07) is 15.6. The number of nitrogens with zero attached hydrogens (tertiary/aromatic N) is 1. The maximum Gasteiger partial charge on any atom is 0.270 e. The SMILES string of the molecule is Cl.NCC1CCN(C(=O)c2[nH]c3ccc(Cl)cc3c2-c2ccccc2)C1. The summed E-state index contributed by atoms with van der Waals surface area (Å²) >= 11 is 6.21. The molecule has 0 radical (unpaired) electrons. The lowest BCUT2D eigenvalue weighted by atomic mass is 10.0. The normalized spacial score (nSPS) is 16.7. The summed E-state index contributed by atoms with van der Waals surface area (Å²) in [4.78, 5) is 18.4. The first-order chi connectivity index (χ1) is 12.2. The van der Waals surface area contributed by atoms with Crippen LogP contribution in [0.15, 0.2) is 48.5 Å². The summed E-state index contributed by atoms with van der Waals surface area (Å²) in [7, 11) is 0. The summed E-state index contributed by atoms with van der Waals surface area (Å²) in [6.07, 6.45) is 0.967. The average molecular weight is 390 g/mol. The van der Waals surface area contributed by atoms with Crippen LogP contribution in [-0.4, -0.2) is 35.4 Å². The number of amides is 1. The smallest absolute Gasteiger partial charge is 0.270 e. The predicted molar refractivity (Wildman–Crippen MR) is 109 cm³/mol. The molecule has 0 spiro atoms. The molecule has 1 unspecified atom stereocenters. The van der Waals surface area contributed by atoms with Gasteiger partial charge < -0.3 is 15.6 Å². The van der Waals surface area contributed by atoms with Gasteiger partial charge in [0.15, 0.2) is 0 Å². The van der Waals surface area contributed by atoms with E-state index < -0.39 is 0 Å². The van der Waals surface area contributed by atoms with Gasteiger partial charge in [0.1, 0.15) is 5.69 Å². The third-order valence-electron chi connectivity index (χ3n) is 4.94. The molecule has 1 amide bonds. The summed E-state index contributed by atoms with van der Waals surface area (Å²) in [5.41, 5.74) is 9.24. The van der Waals surface area contributed by atoms with Crippen LogP contribution in [0, 0.1) is 5.92 Å². The molecule has 6 heteroatoms. The van der Waals surface area contributed by atoms with Crippen molar-refractivity contribution >= 4 is 40.8 Å². The summed E-state index contributed by atoms with van der Waals surface area (Å²) < 4.78 is 0. The number of hydrogen-bond donors (Lipinski definition) is 2. The minimum Gasteiger partial charge on any atom is -0.350 e. The molecule has 2 aromatic carbocycles. The lowest BCUT2D eigenvalue weighted by molar-refractivity contribution is 0.0783. The Bertz CT molecular complexity index is 923. The highest BCUT2D eigenvalue weighted by Crippen LogP contribution is 2.35. The second kappa shape index (κ2) is 7.70. The van der Waals surface area contributed by atoms with E-state index in [1.165, 1.54) is 0 Å². The quantitative estimate of drug-likeness (QED) is 0.699. The van der Waals surface area contributed by atoms with Crippen molar-refractivity contribution in [1.82, 2.24) is 9.88 Å². The number of aromatic nitrogens is 1. The third-order valence-corrected chi connectivity index (χ3v) is 5.18. The molecule has 0 aliphatic carbocycles. The van der Waals surface area contributed by atoms with Crippen LogP contribution in [0.3, 0.4) is 0 Å². The molecule has 1 aliphatic rings. The van der Waals surface area contributed by atoms with Gasteiger partial charge in [0, 0.05) is 34.6 Å². The minimum atomic E-state index is 0. The van der Waals surface area contributed by atoms with Crippen LogP contribution in [0.25, 0.3) is 22.0 Å². The zero-order valence-corrected chi connectivity index (χ0v) is 15.8. The first-order valence-corrected chi connectivity index (χ1v) is 8.91. The topological polar surface area (TPSA) is 62.1 Å². The van der Waals surface area contributed by atoms with E-state index in [1.807, 2.05) is 53.4 Å². The van der Waals surface area contributed by atoms with E-state index in [9.17, 15) is 4.79 Å². The van der Waals surface area contributed by atoms with Crippen molar-refractivity contribution in [3.8, 4) is 11.1 Å². The van der Waals surface area contributed by atoms with Gasteiger partial charge in [-0.05, 0) is 42.6 Å². The van der Waals surface area contributed by atoms with Crippen molar-refractivity contribution in [2.75, 3.05) is 19.6 Å². The highest BCUT2D eigenvalue weighted by atomic mass is 35.5. The lowest BCUT2D eigenvalue weighted by Crippen LogP contribution is -2.30. The van der Waals surface area contributed by atoms with Gasteiger partial charge in [-0.1, -0.05) is 41.9 Å². The first kappa shape index (κ1) is 18.8. The molecule has 136 valence electrons. The molecule has 1 aliphatic heterocycles. The number of H-pyrrole nitrogens is 1. The summed E-state index contributed by atoms with van der Waals surface area (Å²) in [6.45, 7) is 2.10. The van der Waals surface area contributed by atoms with Gasteiger partial charge in [0.2, 0.25) is 0 Å². The number of nitrogens with two attached hydrogens (primary N) is 1. The van der Waals surface area contributed by atoms with Gasteiger partial charge in [0.05, 0.1) is 0 Å². The summed E-state index contributed by atoms with van der Waals surface area (Å²) in [5.74, 6) is 0.421. The Hall–Kier alpha value is -2.01. The van der Waals surface area contributed by atoms with Gasteiger partial charge in [-0.15, -0.1) is 12.4 Å². The largest absolute Gasteiger partial charge is 0.350 e. The number of benzene rings is 2. The van der Waals surface area contributed by atoms with Crippen LogP contribution in [0.1, 0.15) is 16.9 Å². The van der Waals surface area contributed by atoms with Crippen molar-refractivity contribution in [1.29, 1.82) is 0 Å². The third kappa shape index (κ3) is 3.32. The van der Waals surface area contributed by atoms with E-state index in [-0.39, 0.29) is 18.3 Å². The molecule has 3 N–H and O–H groups in total. The van der Waals surface area contributed by atoms with Crippen LogP contribution in [-0.2, 0) is 0 Å². The molecule has 1 aromatic heterocycles. The zero-order valence-electron chi connectivity index (χ0n) is 14.2. The van der Waals surface area contributed by atoms with Crippen LogP contribution >= 0.6 is 24.0 Å². The standard InChI is InChI=1S/C20H20ClN3O.ClH/c21-15-6-7-17-16(10-15)18(14-4-2-1-3-5-14)19(23-17)20(25)24-9-8-13(11-22)12-24;/h1-7,10,13,23H,8-9,11-12,22H2;1H. The number of hydrogen-bond acceptors (Lipinski definition) is 2. The molecule has 1 atom stereocenters. The number of halogens is 2. The highest BCUT2D eigenvalue weighted by Gasteiger charge is 2.29. The number of nitrogens with one attached hydrogen (secondary N) is 1. The van der Waals surface area contributed by atoms with Crippen molar-refractivity contribution < 1.29 is 4.79 Å². The number of carbonyl (C=O) groups is 1. The van der Waals surface area contributed by atoms with Crippen LogP contribution < -0.4 is 5.73 Å². The number of aromatic amines is 1. The van der Waals surface area contributed by atoms with Crippen molar-refractivity contribution in [3.63, 3.8) is 0 Å². The van der Waals surface area contributed by atoms with E-state index in [2.05, 4.69) is 4.98 Å². The fraction of sp³-hybridized carbons (Fsp3) is 0.250. The van der Waals surface area contributed by atoms with Crippen LogP contribution in [0.4, 0.5) is 0 Å². The molecule has 1 fully saturated rings. The number of fused-ring (bicyclic) bond motifs is 1. The van der Waals surface area contributed by atoms with Gasteiger partial charge in [-0.25, -0.2) is 0 Å². The monoisotopic (exact) mass is 389 g/mol. The first-order valence-electron chi connectivity index (χ1n) is 8.53.